The van der Waals surface area contributed by atoms with Gasteiger partial charge in [-0.1, -0.05) is 13.3 Å². The SMILES string of the molecule is CC1CCCC1NCC1CCOC1C. The van der Waals surface area contributed by atoms with Crippen molar-refractivity contribution in [2.45, 2.75) is 51.7 Å². The fraction of sp³-hybridized carbons (Fsp3) is 1.00. The minimum Gasteiger partial charge on any atom is -0.378 e. The number of hydrogen-bond acceptors (Lipinski definition) is 2. The Balaban J connectivity index is 1.71. The fourth-order valence-electron chi connectivity index (χ4n) is 2.80. The van der Waals surface area contributed by atoms with Crippen LogP contribution < -0.4 is 5.32 Å². The maximum atomic E-state index is 5.57. The first-order valence-electron chi connectivity index (χ1n) is 6.12. The van der Waals surface area contributed by atoms with Crippen molar-refractivity contribution in [2.24, 2.45) is 11.8 Å². The molecule has 1 heterocycles. The molecule has 4 unspecified atom stereocenters. The Kier molecular flexibility index (Phi) is 3.45. The summed E-state index contributed by atoms with van der Waals surface area (Å²) in [5.74, 6) is 1.63. The van der Waals surface area contributed by atoms with Gasteiger partial charge in [-0.15, -0.1) is 0 Å². The number of ether oxygens (including phenoxy) is 1. The first-order valence-corrected chi connectivity index (χ1v) is 6.12. The monoisotopic (exact) mass is 197 g/mol. The summed E-state index contributed by atoms with van der Waals surface area (Å²) < 4.78 is 5.57. The van der Waals surface area contributed by atoms with Gasteiger partial charge in [-0.05, 0) is 38.0 Å². The molecule has 1 saturated carbocycles. The van der Waals surface area contributed by atoms with Crippen LogP contribution in [0.1, 0.15) is 39.5 Å². The average Bonchev–Trinajstić information content (AvgIpc) is 2.72. The standard InChI is InChI=1S/C12H23NO/c1-9-4-3-5-12(9)13-8-11-6-7-14-10(11)2/h9-13H,3-8H2,1-2H3. The lowest BCUT2D eigenvalue weighted by Crippen LogP contribution is -2.36. The van der Waals surface area contributed by atoms with Crippen LogP contribution in [0.2, 0.25) is 0 Å². The lowest BCUT2D eigenvalue weighted by molar-refractivity contribution is 0.104. The molecule has 0 aromatic heterocycles. The van der Waals surface area contributed by atoms with E-state index >= 15 is 0 Å². The topological polar surface area (TPSA) is 21.3 Å². The molecule has 0 radical (unpaired) electrons. The predicted molar refractivity (Wildman–Crippen MR) is 58.3 cm³/mol. The van der Waals surface area contributed by atoms with Crippen LogP contribution >= 0.6 is 0 Å². The molecule has 0 aromatic carbocycles. The predicted octanol–water partition coefficient (Wildman–Crippen LogP) is 2.19. The molecule has 2 heteroatoms. The highest BCUT2D eigenvalue weighted by Crippen LogP contribution is 2.26. The summed E-state index contributed by atoms with van der Waals surface area (Å²) >= 11 is 0. The smallest absolute Gasteiger partial charge is 0.0588 e. The van der Waals surface area contributed by atoms with Crippen molar-refractivity contribution in [1.29, 1.82) is 0 Å². The van der Waals surface area contributed by atoms with E-state index in [1.807, 2.05) is 0 Å². The van der Waals surface area contributed by atoms with Gasteiger partial charge >= 0.3 is 0 Å². The van der Waals surface area contributed by atoms with E-state index in [2.05, 4.69) is 19.2 Å². The molecule has 1 aliphatic heterocycles. The highest BCUT2D eigenvalue weighted by atomic mass is 16.5. The van der Waals surface area contributed by atoms with Crippen LogP contribution in [0, 0.1) is 11.8 Å². The van der Waals surface area contributed by atoms with E-state index in [1.54, 1.807) is 0 Å². The van der Waals surface area contributed by atoms with Gasteiger partial charge in [0.05, 0.1) is 6.10 Å². The van der Waals surface area contributed by atoms with E-state index < -0.39 is 0 Å². The van der Waals surface area contributed by atoms with E-state index in [9.17, 15) is 0 Å². The Morgan fingerprint density at radius 3 is 2.64 bits per heavy atom. The van der Waals surface area contributed by atoms with Gasteiger partial charge < -0.3 is 10.1 Å². The number of hydrogen-bond donors (Lipinski definition) is 1. The molecule has 14 heavy (non-hydrogen) atoms. The average molecular weight is 197 g/mol. The normalized spacial score (nSPS) is 43.3. The highest BCUT2D eigenvalue weighted by molar-refractivity contribution is 4.83. The summed E-state index contributed by atoms with van der Waals surface area (Å²) in [5.41, 5.74) is 0. The summed E-state index contributed by atoms with van der Waals surface area (Å²) in [6.45, 7) is 6.71. The lowest BCUT2D eigenvalue weighted by atomic mass is 10.0. The Morgan fingerprint density at radius 2 is 2.07 bits per heavy atom. The van der Waals surface area contributed by atoms with Crippen LogP contribution in [0.25, 0.3) is 0 Å². The first kappa shape index (κ1) is 10.4. The van der Waals surface area contributed by atoms with Gasteiger partial charge in [-0.25, -0.2) is 0 Å². The summed E-state index contributed by atoms with van der Waals surface area (Å²) in [6, 6.07) is 0.780. The van der Waals surface area contributed by atoms with Gasteiger partial charge in [-0.2, -0.15) is 0 Å². The second kappa shape index (κ2) is 4.63. The van der Waals surface area contributed by atoms with Crippen molar-refractivity contribution in [3.8, 4) is 0 Å². The lowest BCUT2D eigenvalue weighted by Gasteiger charge is -2.21. The molecule has 2 nitrogen and oxygen atoms in total. The van der Waals surface area contributed by atoms with E-state index in [4.69, 9.17) is 4.74 Å². The first-order chi connectivity index (χ1) is 6.77. The maximum absolute atomic E-state index is 5.57. The maximum Gasteiger partial charge on any atom is 0.0588 e. The molecule has 0 bridgehead atoms. The van der Waals surface area contributed by atoms with Gasteiger partial charge in [0.15, 0.2) is 0 Å². The minimum atomic E-state index is 0.471. The second-order valence-electron chi connectivity index (χ2n) is 5.05. The highest BCUT2D eigenvalue weighted by Gasteiger charge is 2.27. The van der Waals surface area contributed by atoms with Gasteiger partial charge in [0.2, 0.25) is 0 Å². The van der Waals surface area contributed by atoms with Crippen LogP contribution in [0.5, 0.6) is 0 Å². The molecule has 0 aromatic rings. The third kappa shape index (κ3) is 2.29. The number of nitrogens with one attached hydrogen (secondary N) is 1. The third-order valence-corrected chi connectivity index (χ3v) is 4.04. The van der Waals surface area contributed by atoms with E-state index in [0.29, 0.717) is 6.10 Å². The third-order valence-electron chi connectivity index (χ3n) is 4.04. The van der Waals surface area contributed by atoms with Crippen LogP contribution in [0.3, 0.4) is 0 Å². The molecule has 1 aliphatic carbocycles. The van der Waals surface area contributed by atoms with E-state index in [1.165, 1.54) is 25.7 Å². The molecule has 0 amide bonds. The van der Waals surface area contributed by atoms with Gasteiger partial charge in [-0.3, -0.25) is 0 Å². The summed E-state index contributed by atoms with van der Waals surface area (Å²) in [5, 5.41) is 3.72. The molecule has 2 aliphatic rings. The van der Waals surface area contributed by atoms with Gasteiger partial charge in [0.1, 0.15) is 0 Å². The summed E-state index contributed by atoms with van der Waals surface area (Å²) in [7, 11) is 0. The Bertz CT molecular complexity index is 163. The molecule has 4 atom stereocenters. The number of rotatable bonds is 3. The molecule has 82 valence electrons. The van der Waals surface area contributed by atoms with Gasteiger partial charge in [0.25, 0.3) is 0 Å². The van der Waals surface area contributed by atoms with Crippen molar-refractivity contribution in [3.05, 3.63) is 0 Å². The Labute approximate surface area is 87.4 Å². The van der Waals surface area contributed by atoms with Gasteiger partial charge in [0, 0.05) is 19.2 Å². The van der Waals surface area contributed by atoms with Crippen molar-refractivity contribution in [3.63, 3.8) is 0 Å². The summed E-state index contributed by atoms with van der Waals surface area (Å²) in [4.78, 5) is 0. The fourth-order valence-corrected chi connectivity index (χ4v) is 2.80. The zero-order valence-corrected chi connectivity index (χ0v) is 9.46. The molecular formula is C12H23NO. The summed E-state index contributed by atoms with van der Waals surface area (Å²) in [6.07, 6.45) is 5.92. The molecular weight excluding hydrogens is 174 g/mol. The second-order valence-corrected chi connectivity index (χ2v) is 5.05. The molecule has 1 saturated heterocycles. The van der Waals surface area contributed by atoms with Crippen LogP contribution in [-0.4, -0.2) is 25.3 Å². The molecule has 2 rings (SSSR count). The quantitative estimate of drug-likeness (QED) is 0.749. The van der Waals surface area contributed by atoms with E-state index in [-0.39, 0.29) is 0 Å². The minimum absolute atomic E-state index is 0.471. The van der Waals surface area contributed by atoms with E-state index in [0.717, 1.165) is 31.0 Å². The van der Waals surface area contributed by atoms with Crippen molar-refractivity contribution < 1.29 is 4.74 Å². The Hall–Kier alpha value is -0.0800. The van der Waals surface area contributed by atoms with Crippen LogP contribution in [0.4, 0.5) is 0 Å². The van der Waals surface area contributed by atoms with Crippen molar-refractivity contribution in [2.75, 3.05) is 13.2 Å². The largest absolute Gasteiger partial charge is 0.378 e. The molecule has 0 spiro atoms. The molecule has 1 N–H and O–H groups in total. The van der Waals surface area contributed by atoms with Crippen molar-refractivity contribution >= 4 is 0 Å². The zero-order valence-electron chi connectivity index (χ0n) is 9.46. The Morgan fingerprint density at radius 1 is 1.21 bits per heavy atom. The zero-order chi connectivity index (χ0) is 9.97. The van der Waals surface area contributed by atoms with Crippen LogP contribution in [0.15, 0.2) is 0 Å². The molecule has 2 fully saturated rings. The van der Waals surface area contributed by atoms with Crippen LogP contribution in [-0.2, 0) is 4.74 Å². The van der Waals surface area contributed by atoms with Crippen molar-refractivity contribution in [1.82, 2.24) is 5.32 Å².